The van der Waals surface area contributed by atoms with Crippen LogP contribution in [0.2, 0.25) is 0 Å². The summed E-state index contributed by atoms with van der Waals surface area (Å²) in [6.07, 6.45) is 0. The van der Waals surface area contributed by atoms with Crippen LogP contribution in [0.25, 0.3) is 20.7 Å². The Bertz CT molecular complexity index is 1110. The molecule has 0 fully saturated rings. The van der Waals surface area contributed by atoms with Crippen LogP contribution in [-0.4, -0.2) is 15.9 Å². The zero-order chi connectivity index (χ0) is 18.8. The first-order valence-electron chi connectivity index (χ1n) is 8.45. The Kier molecular flexibility index (Phi) is 4.92. The number of hydrogen-bond acceptors (Lipinski definition) is 5. The molecule has 0 bridgehead atoms. The van der Waals surface area contributed by atoms with Gasteiger partial charge in [0.25, 0.3) is 0 Å². The first kappa shape index (κ1) is 17.7. The molecule has 2 heterocycles. The van der Waals surface area contributed by atoms with Gasteiger partial charge in [0.2, 0.25) is 5.91 Å². The second-order valence-electron chi connectivity index (χ2n) is 6.12. The van der Waals surface area contributed by atoms with Crippen LogP contribution in [0.3, 0.4) is 0 Å². The number of nitrogens with two attached hydrogens (primary N) is 1. The van der Waals surface area contributed by atoms with E-state index in [4.69, 9.17) is 5.73 Å². The highest BCUT2D eigenvalue weighted by molar-refractivity contribution is 7.98. The average Bonchev–Trinajstić information content (AvgIpc) is 3.11. The van der Waals surface area contributed by atoms with Crippen LogP contribution in [0, 0.1) is 6.92 Å². The van der Waals surface area contributed by atoms with E-state index < -0.39 is 5.91 Å². The fourth-order valence-corrected chi connectivity index (χ4v) is 4.92. The molecule has 0 aliphatic heterocycles. The average molecular weight is 392 g/mol. The molecule has 0 saturated carbocycles. The second-order valence-corrected chi connectivity index (χ2v) is 8.12. The summed E-state index contributed by atoms with van der Waals surface area (Å²) >= 11 is 3.37. The van der Waals surface area contributed by atoms with Crippen molar-refractivity contribution in [1.82, 2.24) is 9.97 Å². The molecule has 4 rings (SSSR count). The molecular formula is C21H17N3OS2. The summed E-state index contributed by atoms with van der Waals surface area (Å²) in [4.78, 5) is 22.7. The van der Waals surface area contributed by atoms with Crippen LogP contribution in [0.1, 0.15) is 21.7 Å². The summed E-state index contributed by atoms with van der Waals surface area (Å²) in [6, 6.07) is 19.9. The van der Waals surface area contributed by atoms with Crippen molar-refractivity contribution < 1.29 is 4.79 Å². The van der Waals surface area contributed by atoms with Crippen LogP contribution in [0.5, 0.6) is 0 Å². The van der Waals surface area contributed by atoms with Gasteiger partial charge in [0.15, 0.2) is 0 Å². The molecule has 2 N–H and O–H groups in total. The molecule has 1 amide bonds. The zero-order valence-corrected chi connectivity index (χ0v) is 16.3. The Morgan fingerprint density at radius 1 is 1.07 bits per heavy atom. The minimum Gasteiger partial charge on any atom is -0.366 e. The highest BCUT2D eigenvalue weighted by Crippen LogP contribution is 2.37. The molecule has 2 aromatic heterocycles. The summed E-state index contributed by atoms with van der Waals surface area (Å²) in [6.45, 7) is 1.92. The van der Waals surface area contributed by atoms with E-state index in [1.807, 2.05) is 37.3 Å². The first-order valence-corrected chi connectivity index (χ1v) is 10.3. The van der Waals surface area contributed by atoms with Crippen molar-refractivity contribution in [2.75, 3.05) is 0 Å². The number of nitrogens with zero attached hydrogens (tertiary/aromatic N) is 2. The van der Waals surface area contributed by atoms with Gasteiger partial charge in [-0.15, -0.1) is 23.1 Å². The smallest absolute Gasteiger partial charge is 0.248 e. The monoisotopic (exact) mass is 391 g/mol. The topological polar surface area (TPSA) is 68.9 Å². The van der Waals surface area contributed by atoms with E-state index in [1.165, 1.54) is 10.4 Å². The predicted molar refractivity (Wildman–Crippen MR) is 112 cm³/mol. The van der Waals surface area contributed by atoms with E-state index >= 15 is 0 Å². The molecular weight excluding hydrogens is 374 g/mol. The van der Waals surface area contributed by atoms with Crippen molar-refractivity contribution in [3.05, 3.63) is 77.6 Å². The number of rotatable bonds is 5. The Hall–Kier alpha value is -2.70. The molecule has 6 heteroatoms. The van der Waals surface area contributed by atoms with Gasteiger partial charge in [-0.1, -0.05) is 42.5 Å². The van der Waals surface area contributed by atoms with Crippen LogP contribution >= 0.6 is 23.1 Å². The molecule has 27 heavy (non-hydrogen) atoms. The lowest BCUT2D eigenvalue weighted by Crippen LogP contribution is -2.10. The molecule has 0 saturated heterocycles. The van der Waals surface area contributed by atoms with Gasteiger partial charge < -0.3 is 5.73 Å². The van der Waals surface area contributed by atoms with Gasteiger partial charge in [0, 0.05) is 21.6 Å². The fraction of sp³-hybridized carbons (Fsp3) is 0.0952. The van der Waals surface area contributed by atoms with Crippen molar-refractivity contribution in [2.45, 2.75) is 17.7 Å². The quantitative estimate of drug-likeness (QED) is 0.381. The van der Waals surface area contributed by atoms with E-state index in [2.05, 4.69) is 28.2 Å². The van der Waals surface area contributed by atoms with Crippen molar-refractivity contribution in [3.63, 3.8) is 0 Å². The minimum atomic E-state index is -0.408. The standard InChI is InChI=1S/C21H17N3OS2/c1-13-23-20(26-12-14-7-9-16(10-8-14)19(22)25)17-11-18(27-21(17)24-13)15-5-3-2-4-6-15/h2-11H,12H2,1H3,(H2,22,25). The Morgan fingerprint density at radius 2 is 1.81 bits per heavy atom. The number of aromatic nitrogens is 2. The van der Waals surface area contributed by atoms with Crippen molar-refractivity contribution in [1.29, 1.82) is 0 Å². The molecule has 4 nitrogen and oxygen atoms in total. The van der Waals surface area contributed by atoms with Crippen LogP contribution < -0.4 is 5.73 Å². The summed E-state index contributed by atoms with van der Waals surface area (Å²) in [7, 11) is 0. The summed E-state index contributed by atoms with van der Waals surface area (Å²) in [5.74, 6) is 1.13. The first-order chi connectivity index (χ1) is 13.1. The number of hydrogen-bond donors (Lipinski definition) is 1. The number of thiophene rings is 1. The van der Waals surface area contributed by atoms with Crippen molar-refractivity contribution >= 4 is 39.2 Å². The summed E-state index contributed by atoms with van der Waals surface area (Å²) < 4.78 is 0. The summed E-state index contributed by atoms with van der Waals surface area (Å²) in [5, 5.41) is 2.07. The third kappa shape index (κ3) is 3.86. The number of carbonyl (C=O) groups excluding carboxylic acids is 1. The lowest BCUT2D eigenvalue weighted by Gasteiger charge is -2.04. The number of amides is 1. The predicted octanol–water partition coefficient (Wildman–Crippen LogP) is 5.06. The van der Waals surface area contributed by atoms with Gasteiger partial charge in [-0.25, -0.2) is 9.97 Å². The molecule has 4 aromatic rings. The highest BCUT2D eigenvalue weighted by atomic mass is 32.2. The number of benzene rings is 2. The van der Waals surface area contributed by atoms with Crippen LogP contribution in [0.4, 0.5) is 0 Å². The van der Waals surface area contributed by atoms with E-state index in [-0.39, 0.29) is 0 Å². The maximum Gasteiger partial charge on any atom is 0.248 e. The van der Waals surface area contributed by atoms with Crippen molar-refractivity contribution in [2.24, 2.45) is 5.73 Å². The molecule has 0 atom stereocenters. The summed E-state index contributed by atoms with van der Waals surface area (Å²) in [5.41, 5.74) is 8.13. The van der Waals surface area contributed by atoms with E-state index in [0.717, 1.165) is 32.4 Å². The lowest BCUT2D eigenvalue weighted by molar-refractivity contribution is 0.100. The Balaban J connectivity index is 1.63. The zero-order valence-electron chi connectivity index (χ0n) is 14.7. The van der Waals surface area contributed by atoms with Gasteiger partial charge in [-0.2, -0.15) is 0 Å². The van der Waals surface area contributed by atoms with Gasteiger partial charge in [0.1, 0.15) is 15.7 Å². The number of aryl methyl sites for hydroxylation is 1. The lowest BCUT2D eigenvalue weighted by atomic mass is 10.1. The molecule has 0 spiro atoms. The largest absolute Gasteiger partial charge is 0.366 e. The van der Waals surface area contributed by atoms with Gasteiger partial charge in [-0.3, -0.25) is 4.79 Å². The van der Waals surface area contributed by atoms with Gasteiger partial charge in [-0.05, 0) is 36.2 Å². The number of fused-ring (bicyclic) bond motifs is 1. The third-order valence-electron chi connectivity index (χ3n) is 4.14. The maximum atomic E-state index is 11.2. The minimum absolute atomic E-state index is 0.408. The Labute approximate surface area is 165 Å². The SMILES string of the molecule is Cc1nc(SCc2ccc(C(N)=O)cc2)c2cc(-c3ccccc3)sc2n1. The van der Waals surface area contributed by atoms with Crippen LogP contribution in [0.15, 0.2) is 65.7 Å². The van der Waals surface area contributed by atoms with Gasteiger partial charge in [0.05, 0.1) is 0 Å². The molecule has 0 radical (unpaired) electrons. The van der Waals surface area contributed by atoms with Crippen molar-refractivity contribution in [3.8, 4) is 10.4 Å². The second kappa shape index (κ2) is 7.50. The number of carbonyl (C=O) groups is 1. The van der Waals surface area contributed by atoms with Gasteiger partial charge >= 0.3 is 0 Å². The van der Waals surface area contributed by atoms with Crippen LogP contribution in [-0.2, 0) is 5.75 Å². The molecule has 0 unspecified atom stereocenters. The fourth-order valence-electron chi connectivity index (χ4n) is 2.77. The Morgan fingerprint density at radius 3 is 2.52 bits per heavy atom. The van der Waals surface area contributed by atoms with E-state index in [1.54, 1.807) is 35.2 Å². The number of thioether (sulfide) groups is 1. The molecule has 0 aliphatic carbocycles. The highest BCUT2D eigenvalue weighted by Gasteiger charge is 2.12. The third-order valence-corrected chi connectivity index (χ3v) is 6.28. The normalized spacial score (nSPS) is 11.0. The number of primary amides is 1. The molecule has 2 aromatic carbocycles. The van der Waals surface area contributed by atoms with E-state index in [0.29, 0.717) is 5.56 Å². The molecule has 0 aliphatic rings. The maximum absolute atomic E-state index is 11.2. The molecule has 134 valence electrons. The van der Waals surface area contributed by atoms with E-state index in [9.17, 15) is 4.79 Å².